The molecule has 0 atom stereocenters. The van der Waals surface area contributed by atoms with Gasteiger partial charge in [-0.3, -0.25) is 9.55 Å². The Morgan fingerprint density at radius 3 is 2.48 bits per heavy atom. The first-order valence-electron chi connectivity index (χ1n) is 9.27. The Hall–Kier alpha value is -3.27. The minimum atomic E-state index is -0.162. The summed E-state index contributed by atoms with van der Waals surface area (Å²) >= 11 is 1.61. The van der Waals surface area contributed by atoms with E-state index in [9.17, 15) is 5.11 Å². The average Bonchev–Trinajstić information content (AvgIpc) is 3.27. The van der Waals surface area contributed by atoms with E-state index in [-0.39, 0.29) is 6.61 Å². The fourth-order valence-electron chi connectivity index (χ4n) is 3.20. The van der Waals surface area contributed by atoms with Crippen LogP contribution in [0.2, 0.25) is 0 Å². The second kappa shape index (κ2) is 8.39. The summed E-state index contributed by atoms with van der Waals surface area (Å²) in [6.45, 7) is 3.83. The molecule has 0 radical (unpaired) electrons. The fraction of sp³-hybridized carbons (Fsp3) is 0.174. The Morgan fingerprint density at radius 2 is 1.76 bits per heavy atom. The van der Waals surface area contributed by atoms with Gasteiger partial charge in [0.15, 0.2) is 5.82 Å². The molecule has 144 valence electrons. The molecule has 4 rings (SSSR count). The van der Waals surface area contributed by atoms with Crippen LogP contribution in [-0.4, -0.2) is 24.9 Å². The third-order valence-electron chi connectivity index (χ3n) is 4.71. The summed E-state index contributed by atoms with van der Waals surface area (Å²) in [5.41, 5.74) is 4.48. The fourth-order valence-corrected chi connectivity index (χ4v) is 4.45. The molecule has 1 aromatic carbocycles. The number of hydrogen-bond donors (Lipinski definition) is 1. The van der Waals surface area contributed by atoms with E-state index < -0.39 is 0 Å². The minimum absolute atomic E-state index is 0.162. The zero-order valence-electron chi connectivity index (χ0n) is 16.3. The van der Waals surface area contributed by atoms with Gasteiger partial charge < -0.3 is 5.11 Å². The van der Waals surface area contributed by atoms with Crippen molar-refractivity contribution in [2.45, 2.75) is 26.9 Å². The number of rotatable bonds is 4. The number of aryl methyl sites for hydroxylation is 1. The second-order valence-electron chi connectivity index (χ2n) is 6.65. The van der Waals surface area contributed by atoms with Gasteiger partial charge >= 0.3 is 0 Å². The molecule has 0 saturated heterocycles. The lowest BCUT2D eigenvalue weighted by atomic mass is 10.0. The van der Waals surface area contributed by atoms with E-state index in [0.29, 0.717) is 5.82 Å². The monoisotopic (exact) mass is 400 g/mol. The van der Waals surface area contributed by atoms with E-state index in [1.807, 2.05) is 41.8 Å². The van der Waals surface area contributed by atoms with E-state index in [4.69, 9.17) is 0 Å². The number of benzene rings is 1. The van der Waals surface area contributed by atoms with Crippen LogP contribution in [0.4, 0.5) is 0 Å². The van der Waals surface area contributed by atoms with Gasteiger partial charge in [0.25, 0.3) is 0 Å². The van der Waals surface area contributed by atoms with Gasteiger partial charge in [-0.05, 0) is 49.1 Å². The maximum Gasteiger partial charge on any atom is 0.164 e. The van der Waals surface area contributed by atoms with Crippen LogP contribution in [-0.2, 0) is 13.0 Å². The molecular weight excluding hydrogens is 380 g/mol. The van der Waals surface area contributed by atoms with Gasteiger partial charge in [0.2, 0.25) is 0 Å². The van der Waals surface area contributed by atoms with E-state index in [2.05, 4.69) is 46.1 Å². The van der Waals surface area contributed by atoms with E-state index in [1.54, 1.807) is 23.7 Å². The van der Waals surface area contributed by atoms with Crippen molar-refractivity contribution in [3.63, 3.8) is 0 Å². The van der Waals surface area contributed by atoms with Gasteiger partial charge in [-0.1, -0.05) is 42.2 Å². The molecule has 0 aliphatic rings. The highest BCUT2D eigenvalue weighted by molar-refractivity contribution is 7.15. The molecule has 0 saturated carbocycles. The first-order valence-corrected chi connectivity index (χ1v) is 10.1. The molecule has 5 nitrogen and oxygen atoms in total. The first-order chi connectivity index (χ1) is 14.2. The maximum atomic E-state index is 9.69. The number of thiophene rings is 1. The molecule has 0 bridgehead atoms. The van der Waals surface area contributed by atoms with Crippen LogP contribution in [0, 0.1) is 25.7 Å². The molecule has 0 aliphatic carbocycles. The Balaban J connectivity index is 1.84. The lowest BCUT2D eigenvalue weighted by Crippen LogP contribution is -2.03. The molecule has 3 aromatic heterocycles. The third kappa shape index (κ3) is 3.97. The highest BCUT2D eigenvalue weighted by atomic mass is 32.1. The topological polar surface area (TPSA) is 63.8 Å². The van der Waals surface area contributed by atoms with Gasteiger partial charge in [0.05, 0.1) is 4.88 Å². The van der Waals surface area contributed by atoms with Crippen molar-refractivity contribution in [3.8, 4) is 16.8 Å². The van der Waals surface area contributed by atoms with Gasteiger partial charge in [-0.15, -0.1) is 21.5 Å². The number of hydrogen-bond acceptors (Lipinski definition) is 5. The van der Waals surface area contributed by atoms with Gasteiger partial charge in [-0.25, -0.2) is 0 Å². The highest BCUT2D eigenvalue weighted by Crippen LogP contribution is 2.34. The van der Waals surface area contributed by atoms with Crippen molar-refractivity contribution in [2.75, 3.05) is 0 Å². The molecule has 1 N–H and O–H groups in total. The molecule has 0 unspecified atom stereocenters. The van der Waals surface area contributed by atoms with E-state index >= 15 is 0 Å². The van der Waals surface area contributed by atoms with Crippen molar-refractivity contribution in [3.05, 3.63) is 93.6 Å². The number of aliphatic hydroxyl groups excluding tert-OH is 1. The predicted octanol–water partition coefficient (Wildman–Crippen LogP) is 3.82. The Morgan fingerprint density at radius 1 is 1.00 bits per heavy atom. The average molecular weight is 401 g/mol. The van der Waals surface area contributed by atoms with Crippen molar-refractivity contribution in [1.29, 1.82) is 0 Å². The molecule has 29 heavy (non-hydrogen) atoms. The van der Waals surface area contributed by atoms with E-state index in [0.717, 1.165) is 33.3 Å². The van der Waals surface area contributed by atoms with Crippen LogP contribution in [0.5, 0.6) is 0 Å². The van der Waals surface area contributed by atoms with Gasteiger partial charge in [0.1, 0.15) is 17.4 Å². The first kappa shape index (κ1) is 19.1. The molecule has 3 heterocycles. The summed E-state index contributed by atoms with van der Waals surface area (Å²) < 4.78 is 1.92. The molecule has 6 heteroatoms. The van der Waals surface area contributed by atoms with Crippen LogP contribution >= 0.6 is 11.3 Å². The lowest BCUT2D eigenvalue weighted by molar-refractivity contribution is 0.269. The Kier molecular flexibility index (Phi) is 5.52. The zero-order valence-corrected chi connectivity index (χ0v) is 17.1. The normalized spacial score (nSPS) is 10.6. The van der Waals surface area contributed by atoms with Gasteiger partial charge in [0, 0.05) is 18.0 Å². The molecule has 0 spiro atoms. The van der Waals surface area contributed by atoms with Crippen LogP contribution < -0.4 is 0 Å². The third-order valence-corrected chi connectivity index (χ3v) is 5.94. The van der Waals surface area contributed by atoms with Crippen LogP contribution in [0.3, 0.4) is 0 Å². The summed E-state index contributed by atoms with van der Waals surface area (Å²) in [5, 5.41) is 18.9. The van der Waals surface area contributed by atoms with Crippen molar-refractivity contribution in [2.24, 2.45) is 0 Å². The molecule has 0 amide bonds. The van der Waals surface area contributed by atoms with Crippen LogP contribution in [0.25, 0.3) is 5.00 Å². The second-order valence-corrected chi connectivity index (χ2v) is 7.64. The molecule has 0 aliphatic heterocycles. The highest BCUT2D eigenvalue weighted by Gasteiger charge is 2.20. The smallest absolute Gasteiger partial charge is 0.164 e. The van der Waals surface area contributed by atoms with E-state index in [1.165, 1.54) is 11.1 Å². The molecule has 4 aromatic rings. The Labute approximate surface area is 173 Å². The van der Waals surface area contributed by atoms with Crippen molar-refractivity contribution < 1.29 is 5.11 Å². The van der Waals surface area contributed by atoms with Gasteiger partial charge in [-0.2, -0.15) is 0 Å². The number of aromatic nitrogens is 4. The zero-order chi connectivity index (χ0) is 20.2. The summed E-state index contributed by atoms with van der Waals surface area (Å²) in [6, 6.07) is 14.2. The Bertz CT molecular complexity index is 1180. The number of pyridine rings is 1. The standard InChI is InChI=1S/C23H20N4OS/c1-16-20(14-19-6-4-3-5-7-19)21(9-8-18-10-12-24-13-11-18)29-23(16)27-17(2)25-26-22(27)15-28/h3-7,10-13,28H,14-15H2,1-2H3. The van der Waals surface area contributed by atoms with Crippen molar-refractivity contribution >= 4 is 11.3 Å². The predicted molar refractivity (Wildman–Crippen MR) is 114 cm³/mol. The summed E-state index contributed by atoms with van der Waals surface area (Å²) in [6.07, 6.45) is 4.28. The molecular formula is C23H20N4OS. The minimum Gasteiger partial charge on any atom is -0.388 e. The summed E-state index contributed by atoms with van der Waals surface area (Å²) in [7, 11) is 0. The number of nitrogens with zero attached hydrogens (tertiary/aromatic N) is 4. The SMILES string of the molecule is Cc1c(-n2c(C)nnc2CO)sc(C#Cc2ccncc2)c1Cc1ccccc1. The van der Waals surface area contributed by atoms with Crippen molar-refractivity contribution in [1.82, 2.24) is 19.7 Å². The largest absolute Gasteiger partial charge is 0.388 e. The quantitative estimate of drug-likeness (QED) is 0.529. The van der Waals surface area contributed by atoms with Crippen LogP contribution in [0.15, 0.2) is 54.9 Å². The lowest BCUT2D eigenvalue weighted by Gasteiger charge is -2.07. The van der Waals surface area contributed by atoms with Crippen LogP contribution in [0.1, 0.15) is 38.8 Å². The number of aliphatic hydroxyl groups is 1. The summed E-state index contributed by atoms with van der Waals surface area (Å²) in [4.78, 5) is 5.06. The molecule has 0 fully saturated rings. The maximum absolute atomic E-state index is 9.69. The summed E-state index contributed by atoms with van der Waals surface area (Å²) in [5.74, 6) is 7.88.